The van der Waals surface area contributed by atoms with Crippen LogP contribution in [-0.4, -0.2) is 27.8 Å². The summed E-state index contributed by atoms with van der Waals surface area (Å²) in [6, 6.07) is -0.779. The number of carbonyl (C=O) groups excluding carboxylic acids is 1. The number of rotatable bonds is 3. The number of hydrogen-bond donors (Lipinski definition) is 1. The average molecular weight is 227 g/mol. The first-order valence-electron chi connectivity index (χ1n) is 5.05. The predicted molar refractivity (Wildman–Crippen MR) is 56.6 cm³/mol. The molecule has 0 aliphatic heterocycles. The summed E-state index contributed by atoms with van der Waals surface area (Å²) in [6.07, 6.45) is 0.190. The lowest BCUT2D eigenvalue weighted by Crippen LogP contribution is -2.38. The first kappa shape index (κ1) is 12.6. The van der Waals surface area contributed by atoms with Crippen molar-refractivity contribution < 1.29 is 13.9 Å². The Morgan fingerprint density at radius 3 is 2.56 bits per heavy atom. The van der Waals surface area contributed by atoms with Crippen molar-refractivity contribution in [2.24, 2.45) is 5.73 Å². The molecule has 90 valence electrons. The molecule has 0 radical (unpaired) electrons. The highest BCUT2D eigenvalue weighted by atomic mass is 16.6. The second kappa shape index (κ2) is 4.61. The zero-order chi connectivity index (χ0) is 12.3. The van der Waals surface area contributed by atoms with Crippen molar-refractivity contribution >= 4 is 5.97 Å². The number of aryl methyl sites for hydroxylation is 1. The SMILES string of the molecule is Cc1nnc(C[C@H](N)C(=O)OC(C)(C)C)o1. The Morgan fingerprint density at radius 2 is 2.12 bits per heavy atom. The summed E-state index contributed by atoms with van der Waals surface area (Å²) in [5.41, 5.74) is 5.12. The molecule has 2 N–H and O–H groups in total. The molecule has 6 heteroatoms. The van der Waals surface area contributed by atoms with Gasteiger partial charge in [0.15, 0.2) is 0 Å². The van der Waals surface area contributed by atoms with E-state index in [0.29, 0.717) is 11.8 Å². The van der Waals surface area contributed by atoms with Crippen LogP contribution in [0.3, 0.4) is 0 Å². The number of nitrogens with two attached hydrogens (primary N) is 1. The van der Waals surface area contributed by atoms with E-state index in [1.807, 2.05) is 0 Å². The summed E-state index contributed by atoms with van der Waals surface area (Å²) in [5.74, 6) is 0.325. The van der Waals surface area contributed by atoms with Gasteiger partial charge in [0.2, 0.25) is 11.8 Å². The normalized spacial score (nSPS) is 13.6. The van der Waals surface area contributed by atoms with Gasteiger partial charge >= 0.3 is 5.97 Å². The summed E-state index contributed by atoms with van der Waals surface area (Å²) in [4.78, 5) is 11.5. The third-order valence-corrected chi connectivity index (χ3v) is 1.67. The topological polar surface area (TPSA) is 91.2 Å². The number of esters is 1. The minimum Gasteiger partial charge on any atom is -0.459 e. The van der Waals surface area contributed by atoms with Gasteiger partial charge in [-0.1, -0.05) is 0 Å². The molecule has 1 aromatic heterocycles. The largest absolute Gasteiger partial charge is 0.459 e. The van der Waals surface area contributed by atoms with Gasteiger partial charge in [-0.15, -0.1) is 10.2 Å². The zero-order valence-corrected chi connectivity index (χ0v) is 9.98. The van der Waals surface area contributed by atoms with Gasteiger partial charge in [0.25, 0.3) is 0 Å². The molecule has 0 amide bonds. The molecule has 0 aromatic carbocycles. The molecule has 1 heterocycles. The van der Waals surface area contributed by atoms with Gasteiger partial charge in [-0.2, -0.15) is 0 Å². The van der Waals surface area contributed by atoms with E-state index < -0.39 is 17.6 Å². The molecule has 0 bridgehead atoms. The van der Waals surface area contributed by atoms with Crippen molar-refractivity contribution in [3.05, 3.63) is 11.8 Å². The third kappa shape index (κ3) is 3.98. The van der Waals surface area contributed by atoms with Gasteiger partial charge in [0.1, 0.15) is 11.6 Å². The van der Waals surface area contributed by atoms with Crippen molar-refractivity contribution in [2.75, 3.05) is 0 Å². The fourth-order valence-electron chi connectivity index (χ4n) is 1.07. The Labute approximate surface area is 94.2 Å². The summed E-state index contributed by atoms with van der Waals surface area (Å²) < 4.78 is 10.2. The van der Waals surface area contributed by atoms with Gasteiger partial charge in [-0.3, -0.25) is 4.79 Å². The van der Waals surface area contributed by atoms with Crippen LogP contribution in [0.25, 0.3) is 0 Å². The van der Waals surface area contributed by atoms with E-state index in [1.54, 1.807) is 27.7 Å². The van der Waals surface area contributed by atoms with Crippen LogP contribution in [0, 0.1) is 6.92 Å². The van der Waals surface area contributed by atoms with Crippen LogP contribution in [0.5, 0.6) is 0 Å². The van der Waals surface area contributed by atoms with Gasteiger partial charge < -0.3 is 14.9 Å². The van der Waals surface area contributed by atoms with E-state index in [-0.39, 0.29) is 6.42 Å². The number of hydrogen-bond acceptors (Lipinski definition) is 6. The van der Waals surface area contributed by atoms with Crippen LogP contribution in [0.15, 0.2) is 4.42 Å². The van der Waals surface area contributed by atoms with Gasteiger partial charge in [0, 0.05) is 6.92 Å². The smallest absolute Gasteiger partial charge is 0.323 e. The second-order valence-corrected chi connectivity index (χ2v) is 4.56. The molecule has 1 rings (SSSR count). The average Bonchev–Trinajstić information content (AvgIpc) is 2.48. The maximum Gasteiger partial charge on any atom is 0.323 e. The standard InChI is InChI=1S/C10H17N3O3/c1-6-12-13-8(15-6)5-7(11)9(14)16-10(2,3)4/h7H,5,11H2,1-4H3/t7-/m0/s1. The maximum absolute atomic E-state index is 11.5. The lowest BCUT2D eigenvalue weighted by atomic mass is 10.1. The molecule has 1 atom stereocenters. The fourth-order valence-corrected chi connectivity index (χ4v) is 1.07. The molecule has 6 nitrogen and oxygen atoms in total. The van der Waals surface area contributed by atoms with Crippen LogP contribution < -0.4 is 5.73 Å². The lowest BCUT2D eigenvalue weighted by molar-refractivity contribution is -0.156. The molecular formula is C10H17N3O3. The van der Waals surface area contributed by atoms with E-state index in [1.165, 1.54) is 0 Å². The van der Waals surface area contributed by atoms with Crippen molar-refractivity contribution in [3.63, 3.8) is 0 Å². The highest BCUT2D eigenvalue weighted by Crippen LogP contribution is 2.09. The molecule has 16 heavy (non-hydrogen) atoms. The van der Waals surface area contributed by atoms with Crippen molar-refractivity contribution in [1.82, 2.24) is 10.2 Å². The molecule has 0 aliphatic rings. The number of carbonyl (C=O) groups is 1. The van der Waals surface area contributed by atoms with Crippen LogP contribution in [0.1, 0.15) is 32.6 Å². The molecule has 0 fully saturated rings. The number of aromatic nitrogens is 2. The first-order chi connectivity index (χ1) is 7.28. The Bertz CT molecular complexity index is 368. The fraction of sp³-hybridized carbons (Fsp3) is 0.700. The Kier molecular flexibility index (Phi) is 3.64. The number of nitrogens with zero attached hydrogens (tertiary/aromatic N) is 2. The number of ether oxygens (including phenoxy) is 1. The predicted octanol–water partition coefficient (Wildman–Crippen LogP) is 0.590. The molecular weight excluding hydrogens is 210 g/mol. The van der Waals surface area contributed by atoms with Gasteiger partial charge in [-0.25, -0.2) is 0 Å². The first-order valence-corrected chi connectivity index (χ1v) is 5.05. The Balaban J connectivity index is 2.52. The Morgan fingerprint density at radius 1 is 1.50 bits per heavy atom. The molecule has 0 saturated heterocycles. The third-order valence-electron chi connectivity index (χ3n) is 1.67. The summed E-state index contributed by atoms with van der Waals surface area (Å²) >= 11 is 0. The van der Waals surface area contributed by atoms with Crippen molar-refractivity contribution in [1.29, 1.82) is 0 Å². The van der Waals surface area contributed by atoms with Crippen LogP contribution in [0.4, 0.5) is 0 Å². The molecule has 0 saturated carbocycles. The quantitative estimate of drug-likeness (QED) is 0.760. The summed E-state index contributed by atoms with van der Waals surface area (Å²) in [6.45, 7) is 7.03. The molecule has 0 spiro atoms. The zero-order valence-electron chi connectivity index (χ0n) is 9.98. The molecule has 1 aromatic rings. The minimum absolute atomic E-state index is 0.190. The molecule has 0 unspecified atom stereocenters. The van der Waals surface area contributed by atoms with Crippen LogP contribution in [0.2, 0.25) is 0 Å². The van der Waals surface area contributed by atoms with Gasteiger partial charge in [-0.05, 0) is 20.8 Å². The minimum atomic E-state index is -0.779. The van der Waals surface area contributed by atoms with Crippen molar-refractivity contribution in [2.45, 2.75) is 45.8 Å². The highest BCUT2D eigenvalue weighted by Gasteiger charge is 2.23. The maximum atomic E-state index is 11.5. The molecule has 0 aliphatic carbocycles. The summed E-state index contributed by atoms with van der Waals surface area (Å²) in [7, 11) is 0. The van der Waals surface area contributed by atoms with E-state index in [2.05, 4.69) is 10.2 Å². The lowest BCUT2D eigenvalue weighted by Gasteiger charge is -2.21. The summed E-state index contributed by atoms with van der Waals surface area (Å²) in [5, 5.41) is 7.41. The van der Waals surface area contributed by atoms with E-state index in [0.717, 1.165) is 0 Å². The Hall–Kier alpha value is -1.43. The van der Waals surface area contributed by atoms with E-state index >= 15 is 0 Å². The van der Waals surface area contributed by atoms with Crippen LogP contribution in [-0.2, 0) is 16.0 Å². The van der Waals surface area contributed by atoms with E-state index in [9.17, 15) is 4.79 Å². The van der Waals surface area contributed by atoms with E-state index in [4.69, 9.17) is 14.9 Å². The van der Waals surface area contributed by atoms with Crippen molar-refractivity contribution in [3.8, 4) is 0 Å². The van der Waals surface area contributed by atoms with Crippen LogP contribution >= 0.6 is 0 Å². The highest BCUT2D eigenvalue weighted by molar-refractivity contribution is 5.76. The monoisotopic (exact) mass is 227 g/mol. The van der Waals surface area contributed by atoms with Gasteiger partial charge in [0.05, 0.1) is 6.42 Å². The second-order valence-electron chi connectivity index (χ2n) is 4.56.